The number of rotatable bonds is 4. The average Bonchev–Trinajstić information content (AvgIpc) is 2.33. The standard InChI is InChI=1S/C17H22FNO6/c1-16(2,3)24-14(20)13(15(21)25-17(4,5)6)10-7-8-12(19(22)23)11(18)9-10/h7-9,13H,1-6H3. The predicted molar refractivity (Wildman–Crippen MR) is 87.5 cm³/mol. The van der Waals surface area contributed by atoms with Gasteiger partial charge >= 0.3 is 17.6 Å². The van der Waals surface area contributed by atoms with Crippen molar-refractivity contribution in [3.8, 4) is 0 Å². The highest BCUT2D eigenvalue weighted by Crippen LogP contribution is 2.28. The van der Waals surface area contributed by atoms with E-state index in [0.29, 0.717) is 0 Å². The van der Waals surface area contributed by atoms with E-state index in [1.54, 1.807) is 41.5 Å². The molecule has 1 rings (SSSR count). The zero-order chi connectivity index (χ0) is 19.6. The van der Waals surface area contributed by atoms with Gasteiger partial charge in [0.05, 0.1) is 4.92 Å². The van der Waals surface area contributed by atoms with Gasteiger partial charge in [0.1, 0.15) is 11.2 Å². The Balaban J connectivity index is 3.31. The van der Waals surface area contributed by atoms with Crippen LogP contribution in [0, 0.1) is 15.9 Å². The summed E-state index contributed by atoms with van der Waals surface area (Å²) in [7, 11) is 0. The smallest absolute Gasteiger partial charge is 0.325 e. The first-order valence-electron chi connectivity index (χ1n) is 7.61. The van der Waals surface area contributed by atoms with Gasteiger partial charge in [0.2, 0.25) is 5.82 Å². The van der Waals surface area contributed by atoms with E-state index < -0.39 is 45.5 Å². The lowest BCUT2D eigenvalue weighted by molar-refractivity contribution is -0.387. The molecule has 1 aromatic carbocycles. The van der Waals surface area contributed by atoms with E-state index in [0.717, 1.165) is 18.2 Å². The van der Waals surface area contributed by atoms with E-state index in [4.69, 9.17) is 9.47 Å². The number of ether oxygens (including phenoxy) is 2. The summed E-state index contributed by atoms with van der Waals surface area (Å²) < 4.78 is 24.3. The molecule has 0 N–H and O–H groups in total. The molecule has 0 spiro atoms. The van der Waals surface area contributed by atoms with Gasteiger partial charge in [0.15, 0.2) is 5.92 Å². The van der Waals surface area contributed by atoms with Gasteiger partial charge in [-0.15, -0.1) is 0 Å². The lowest BCUT2D eigenvalue weighted by Gasteiger charge is -2.26. The van der Waals surface area contributed by atoms with Crippen molar-refractivity contribution in [2.24, 2.45) is 0 Å². The van der Waals surface area contributed by atoms with Crippen LogP contribution in [0.4, 0.5) is 10.1 Å². The molecule has 0 aliphatic carbocycles. The molecular formula is C17H22FNO6. The number of benzene rings is 1. The molecule has 25 heavy (non-hydrogen) atoms. The second-order valence-electron chi connectivity index (χ2n) is 7.47. The number of nitro groups is 1. The van der Waals surface area contributed by atoms with Crippen molar-refractivity contribution in [2.45, 2.75) is 58.7 Å². The van der Waals surface area contributed by atoms with Crippen LogP contribution in [-0.2, 0) is 19.1 Å². The molecule has 0 aliphatic rings. The number of nitrogens with zero attached hydrogens (tertiary/aromatic N) is 1. The minimum Gasteiger partial charge on any atom is -0.459 e. The van der Waals surface area contributed by atoms with E-state index in [1.807, 2.05) is 0 Å². The van der Waals surface area contributed by atoms with Crippen LogP contribution in [-0.4, -0.2) is 28.1 Å². The van der Waals surface area contributed by atoms with Gasteiger partial charge in [0, 0.05) is 6.07 Å². The summed E-state index contributed by atoms with van der Waals surface area (Å²) >= 11 is 0. The monoisotopic (exact) mass is 355 g/mol. The summed E-state index contributed by atoms with van der Waals surface area (Å²) in [4.78, 5) is 34.7. The first-order chi connectivity index (χ1) is 11.2. The van der Waals surface area contributed by atoms with Crippen molar-refractivity contribution in [1.82, 2.24) is 0 Å². The average molecular weight is 355 g/mol. The molecule has 0 amide bonds. The molecule has 0 aliphatic heterocycles. The maximum absolute atomic E-state index is 13.9. The molecule has 0 aromatic heterocycles. The Labute approximate surface area is 145 Å². The predicted octanol–water partition coefficient (Wildman–Crippen LogP) is 3.50. The molecule has 0 heterocycles. The molecule has 0 bridgehead atoms. The zero-order valence-electron chi connectivity index (χ0n) is 15.1. The number of carbonyl (C=O) groups excluding carboxylic acids is 2. The third-order valence-electron chi connectivity index (χ3n) is 2.79. The number of hydrogen-bond donors (Lipinski definition) is 0. The SMILES string of the molecule is CC(C)(C)OC(=O)C(C(=O)OC(C)(C)C)c1ccc([N+](=O)[O-])c(F)c1. The lowest BCUT2D eigenvalue weighted by Crippen LogP contribution is -2.35. The van der Waals surface area contributed by atoms with Crippen LogP contribution in [0.25, 0.3) is 0 Å². The minimum atomic E-state index is -1.55. The van der Waals surface area contributed by atoms with Gasteiger partial charge in [-0.05, 0) is 53.2 Å². The number of esters is 2. The van der Waals surface area contributed by atoms with Crippen molar-refractivity contribution in [3.05, 3.63) is 39.7 Å². The Kier molecular flexibility index (Phi) is 5.88. The first kappa shape index (κ1) is 20.5. The quantitative estimate of drug-likeness (QED) is 0.355. The summed E-state index contributed by atoms with van der Waals surface area (Å²) in [6, 6.07) is 2.81. The van der Waals surface area contributed by atoms with Gasteiger partial charge in [-0.3, -0.25) is 19.7 Å². The normalized spacial score (nSPS) is 12.0. The first-order valence-corrected chi connectivity index (χ1v) is 7.61. The highest BCUT2D eigenvalue weighted by atomic mass is 19.1. The minimum absolute atomic E-state index is 0.0772. The summed E-state index contributed by atoms with van der Waals surface area (Å²) in [6.45, 7) is 9.71. The van der Waals surface area contributed by atoms with Gasteiger partial charge in [-0.25, -0.2) is 0 Å². The Bertz CT molecular complexity index is 659. The van der Waals surface area contributed by atoms with Crippen molar-refractivity contribution in [1.29, 1.82) is 0 Å². The van der Waals surface area contributed by atoms with Crippen LogP contribution < -0.4 is 0 Å². The van der Waals surface area contributed by atoms with Crippen LogP contribution in [0.1, 0.15) is 53.0 Å². The fourth-order valence-corrected chi connectivity index (χ4v) is 1.94. The molecule has 8 heteroatoms. The molecule has 7 nitrogen and oxygen atoms in total. The number of hydrogen-bond acceptors (Lipinski definition) is 6. The fraction of sp³-hybridized carbons (Fsp3) is 0.529. The van der Waals surface area contributed by atoms with Crippen LogP contribution in [0.15, 0.2) is 18.2 Å². The third kappa shape index (κ3) is 6.13. The highest BCUT2D eigenvalue weighted by molar-refractivity contribution is 6.01. The molecular weight excluding hydrogens is 333 g/mol. The maximum atomic E-state index is 13.9. The van der Waals surface area contributed by atoms with E-state index >= 15 is 0 Å². The molecule has 0 saturated carbocycles. The topological polar surface area (TPSA) is 95.7 Å². The lowest BCUT2D eigenvalue weighted by atomic mass is 9.98. The summed E-state index contributed by atoms with van der Waals surface area (Å²) in [5, 5.41) is 10.7. The summed E-state index contributed by atoms with van der Waals surface area (Å²) in [5.74, 6) is -4.54. The van der Waals surface area contributed by atoms with Crippen molar-refractivity contribution in [2.75, 3.05) is 0 Å². The van der Waals surface area contributed by atoms with E-state index in [9.17, 15) is 24.1 Å². The molecule has 0 radical (unpaired) electrons. The van der Waals surface area contributed by atoms with Gasteiger partial charge < -0.3 is 9.47 Å². The molecule has 0 saturated heterocycles. The second-order valence-corrected chi connectivity index (χ2v) is 7.47. The zero-order valence-corrected chi connectivity index (χ0v) is 15.1. The maximum Gasteiger partial charge on any atom is 0.325 e. The summed E-state index contributed by atoms with van der Waals surface area (Å²) in [6.07, 6.45) is 0. The Hall–Kier alpha value is -2.51. The van der Waals surface area contributed by atoms with E-state index in [1.165, 1.54) is 0 Å². The van der Waals surface area contributed by atoms with Crippen molar-refractivity contribution >= 4 is 17.6 Å². The van der Waals surface area contributed by atoms with Gasteiger partial charge in [-0.1, -0.05) is 6.07 Å². The van der Waals surface area contributed by atoms with Crippen LogP contribution in [0.5, 0.6) is 0 Å². The molecule has 0 atom stereocenters. The Morgan fingerprint density at radius 3 is 1.80 bits per heavy atom. The van der Waals surface area contributed by atoms with Crippen LogP contribution in [0.3, 0.4) is 0 Å². The molecule has 138 valence electrons. The number of halogens is 1. The van der Waals surface area contributed by atoms with Crippen LogP contribution >= 0.6 is 0 Å². The molecule has 0 fully saturated rings. The largest absolute Gasteiger partial charge is 0.459 e. The summed E-state index contributed by atoms with van der Waals surface area (Å²) in [5.41, 5.74) is -2.59. The number of carbonyl (C=O) groups is 2. The van der Waals surface area contributed by atoms with Gasteiger partial charge in [0.25, 0.3) is 0 Å². The Morgan fingerprint density at radius 2 is 1.48 bits per heavy atom. The van der Waals surface area contributed by atoms with Crippen LogP contribution in [0.2, 0.25) is 0 Å². The van der Waals surface area contributed by atoms with E-state index in [2.05, 4.69) is 0 Å². The second kappa shape index (κ2) is 7.16. The van der Waals surface area contributed by atoms with Gasteiger partial charge in [-0.2, -0.15) is 4.39 Å². The Morgan fingerprint density at radius 1 is 1.04 bits per heavy atom. The van der Waals surface area contributed by atoms with Crippen molar-refractivity contribution < 1.29 is 28.4 Å². The third-order valence-corrected chi connectivity index (χ3v) is 2.79. The highest BCUT2D eigenvalue weighted by Gasteiger charge is 2.37. The van der Waals surface area contributed by atoms with E-state index in [-0.39, 0.29) is 5.56 Å². The molecule has 0 unspecified atom stereocenters. The molecule has 1 aromatic rings. The fourth-order valence-electron chi connectivity index (χ4n) is 1.94. The number of nitro benzene ring substituents is 1. The van der Waals surface area contributed by atoms with Crippen molar-refractivity contribution in [3.63, 3.8) is 0 Å².